The molecule has 0 bridgehead atoms. The molecule has 6 nitrogen and oxygen atoms in total. The van der Waals surface area contributed by atoms with Crippen LogP contribution < -0.4 is 5.32 Å². The van der Waals surface area contributed by atoms with Crippen molar-refractivity contribution in [3.8, 4) is 10.6 Å². The van der Waals surface area contributed by atoms with Crippen molar-refractivity contribution >= 4 is 23.3 Å². The van der Waals surface area contributed by atoms with E-state index < -0.39 is 11.4 Å². The third kappa shape index (κ3) is 3.95. The SMILES string of the molecule is Cc1nc(-c2ccc(F)cc2)sc1C(C)NC(=O)N1CCC(C)(C(=O)O)C1. The predicted octanol–water partition coefficient (Wildman–Crippen LogP) is 3.82. The van der Waals surface area contributed by atoms with Gasteiger partial charge in [-0.05, 0) is 51.5 Å². The second-order valence-corrected chi connectivity index (χ2v) is 8.21. The summed E-state index contributed by atoms with van der Waals surface area (Å²) in [7, 11) is 0. The molecule has 2 aromatic rings. The molecule has 1 aliphatic heterocycles. The van der Waals surface area contributed by atoms with Crippen molar-refractivity contribution < 1.29 is 19.1 Å². The molecule has 1 aliphatic rings. The lowest BCUT2D eigenvalue weighted by Gasteiger charge is -2.22. The number of likely N-dealkylation sites (tertiary alicyclic amines) is 1. The molecule has 144 valence electrons. The summed E-state index contributed by atoms with van der Waals surface area (Å²) in [6.07, 6.45) is 0.443. The molecule has 2 N–H and O–H groups in total. The van der Waals surface area contributed by atoms with Crippen LogP contribution >= 0.6 is 11.3 Å². The van der Waals surface area contributed by atoms with E-state index in [1.165, 1.54) is 23.5 Å². The van der Waals surface area contributed by atoms with Crippen LogP contribution in [0.2, 0.25) is 0 Å². The molecule has 0 radical (unpaired) electrons. The molecule has 2 heterocycles. The van der Waals surface area contributed by atoms with E-state index in [1.54, 1.807) is 24.0 Å². The van der Waals surface area contributed by atoms with E-state index in [9.17, 15) is 19.1 Å². The third-order valence-corrected chi connectivity index (χ3v) is 6.32. The van der Waals surface area contributed by atoms with Crippen LogP contribution in [-0.2, 0) is 4.79 Å². The van der Waals surface area contributed by atoms with E-state index in [-0.39, 0.29) is 24.4 Å². The number of nitrogens with one attached hydrogen (secondary N) is 1. The molecule has 3 rings (SSSR count). The molecular formula is C19H22FN3O3S. The quantitative estimate of drug-likeness (QED) is 0.830. The minimum absolute atomic E-state index is 0.198. The molecule has 8 heteroatoms. The minimum atomic E-state index is -0.892. The van der Waals surface area contributed by atoms with Crippen molar-refractivity contribution in [2.75, 3.05) is 13.1 Å². The zero-order valence-corrected chi connectivity index (χ0v) is 16.3. The second-order valence-electron chi connectivity index (χ2n) is 7.18. The maximum Gasteiger partial charge on any atom is 0.317 e. The Hall–Kier alpha value is -2.48. The maximum atomic E-state index is 13.1. The highest BCUT2D eigenvalue weighted by Gasteiger charge is 2.42. The molecule has 1 saturated heterocycles. The zero-order valence-electron chi connectivity index (χ0n) is 15.5. The highest BCUT2D eigenvalue weighted by atomic mass is 32.1. The first-order valence-electron chi connectivity index (χ1n) is 8.72. The van der Waals surface area contributed by atoms with Crippen molar-refractivity contribution in [2.45, 2.75) is 33.2 Å². The number of thiazole rings is 1. The van der Waals surface area contributed by atoms with Crippen LogP contribution in [0.1, 0.15) is 36.9 Å². The standard InChI is InChI=1S/C19H22FN3O3S/c1-11-15(27-16(21-11)13-4-6-14(20)7-5-13)12(2)22-18(26)23-9-8-19(3,10-23)17(24)25/h4-7,12H,8-10H2,1-3H3,(H,22,26)(H,24,25). The van der Waals surface area contributed by atoms with Gasteiger partial charge in [0.2, 0.25) is 0 Å². The van der Waals surface area contributed by atoms with E-state index in [1.807, 2.05) is 13.8 Å². The summed E-state index contributed by atoms with van der Waals surface area (Å²) < 4.78 is 13.1. The number of halogens is 1. The van der Waals surface area contributed by atoms with E-state index in [0.29, 0.717) is 13.0 Å². The number of nitrogens with zero attached hydrogens (tertiary/aromatic N) is 2. The van der Waals surface area contributed by atoms with Gasteiger partial charge < -0.3 is 15.3 Å². The van der Waals surface area contributed by atoms with Gasteiger partial charge in [0, 0.05) is 18.7 Å². The Morgan fingerprint density at radius 1 is 1.37 bits per heavy atom. The van der Waals surface area contributed by atoms with Crippen LogP contribution in [0.4, 0.5) is 9.18 Å². The van der Waals surface area contributed by atoms with Crippen LogP contribution in [0.25, 0.3) is 10.6 Å². The number of aryl methyl sites for hydroxylation is 1. The number of rotatable bonds is 4. The summed E-state index contributed by atoms with van der Waals surface area (Å²) in [5, 5.41) is 13.0. The van der Waals surface area contributed by atoms with Gasteiger partial charge in [-0.25, -0.2) is 14.2 Å². The third-order valence-electron chi connectivity index (χ3n) is 4.93. The summed E-state index contributed by atoms with van der Waals surface area (Å²) in [5.41, 5.74) is 0.742. The van der Waals surface area contributed by atoms with Crippen LogP contribution in [0.15, 0.2) is 24.3 Å². The molecular weight excluding hydrogens is 369 g/mol. The number of aromatic nitrogens is 1. The van der Waals surface area contributed by atoms with E-state index >= 15 is 0 Å². The Balaban J connectivity index is 1.69. The highest BCUT2D eigenvalue weighted by Crippen LogP contribution is 2.33. The van der Waals surface area contributed by atoms with Gasteiger partial charge in [0.25, 0.3) is 0 Å². The number of hydrogen-bond donors (Lipinski definition) is 2. The number of carboxylic acids is 1. The van der Waals surface area contributed by atoms with Gasteiger partial charge in [-0.2, -0.15) is 0 Å². The molecule has 1 aromatic carbocycles. The topological polar surface area (TPSA) is 82.5 Å². The van der Waals surface area contributed by atoms with Crippen molar-refractivity contribution in [3.63, 3.8) is 0 Å². The predicted molar refractivity (Wildman–Crippen MR) is 101 cm³/mol. The number of carbonyl (C=O) groups is 2. The Morgan fingerprint density at radius 2 is 2.04 bits per heavy atom. The lowest BCUT2D eigenvalue weighted by atomic mass is 9.90. The van der Waals surface area contributed by atoms with Gasteiger partial charge in [-0.15, -0.1) is 11.3 Å². The molecule has 0 spiro atoms. The largest absolute Gasteiger partial charge is 0.481 e. The fraction of sp³-hybridized carbons (Fsp3) is 0.421. The number of amides is 2. The lowest BCUT2D eigenvalue weighted by molar-refractivity contribution is -0.147. The number of benzene rings is 1. The normalized spacial score (nSPS) is 20.5. The van der Waals surface area contributed by atoms with E-state index in [0.717, 1.165) is 21.1 Å². The molecule has 2 unspecified atom stereocenters. The summed E-state index contributed by atoms with van der Waals surface area (Å²) >= 11 is 1.45. The Bertz CT molecular complexity index is 868. The van der Waals surface area contributed by atoms with Gasteiger partial charge in [0.15, 0.2) is 0 Å². The fourth-order valence-corrected chi connectivity index (χ4v) is 4.25. The average Bonchev–Trinajstić information content (AvgIpc) is 3.20. The molecule has 1 aromatic heterocycles. The molecule has 0 aliphatic carbocycles. The molecule has 27 heavy (non-hydrogen) atoms. The van der Waals surface area contributed by atoms with Crippen LogP contribution in [0, 0.1) is 18.2 Å². The first-order chi connectivity index (χ1) is 12.7. The molecule has 1 fully saturated rings. The number of hydrogen-bond acceptors (Lipinski definition) is 4. The smallest absolute Gasteiger partial charge is 0.317 e. The Kier molecular flexibility index (Phi) is 5.19. The summed E-state index contributed by atoms with van der Waals surface area (Å²) in [5.74, 6) is -1.18. The van der Waals surface area contributed by atoms with E-state index in [2.05, 4.69) is 10.3 Å². The van der Waals surface area contributed by atoms with Crippen molar-refractivity contribution in [1.29, 1.82) is 0 Å². The zero-order chi connectivity index (χ0) is 19.8. The van der Waals surface area contributed by atoms with Crippen molar-refractivity contribution in [1.82, 2.24) is 15.2 Å². The number of carboxylic acid groups (broad SMARTS) is 1. The number of carbonyl (C=O) groups excluding carboxylic acids is 1. The van der Waals surface area contributed by atoms with Gasteiger partial charge >= 0.3 is 12.0 Å². The maximum absolute atomic E-state index is 13.1. The fourth-order valence-electron chi connectivity index (χ4n) is 3.18. The summed E-state index contributed by atoms with van der Waals surface area (Å²) in [6, 6.07) is 5.60. The highest BCUT2D eigenvalue weighted by molar-refractivity contribution is 7.15. The molecule has 2 amide bonds. The summed E-state index contributed by atoms with van der Waals surface area (Å²) in [4.78, 5) is 30.9. The number of urea groups is 1. The van der Waals surface area contributed by atoms with Gasteiger partial charge in [-0.3, -0.25) is 4.79 Å². The Labute approximate surface area is 161 Å². The minimum Gasteiger partial charge on any atom is -0.481 e. The Morgan fingerprint density at radius 3 is 2.63 bits per heavy atom. The van der Waals surface area contributed by atoms with Crippen molar-refractivity contribution in [3.05, 3.63) is 40.7 Å². The second kappa shape index (κ2) is 7.26. The number of aliphatic carboxylic acids is 1. The van der Waals surface area contributed by atoms with Gasteiger partial charge in [0.1, 0.15) is 10.8 Å². The van der Waals surface area contributed by atoms with Crippen molar-refractivity contribution in [2.24, 2.45) is 5.41 Å². The molecule has 2 atom stereocenters. The van der Waals surface area contributed by atoms with E-state index in [4.69, 9.17) is 0 Å². The van der Waals surface area contributed by atoms with Crippen LogP contribution in [-0.4, -0.2) is 40.1 Å². The van der Waals surface area contributed by atoms with Gasteiger partial charge in [0.05, 0.1) is 22.0 Å². The average molecular weight is 391 g/mol. The van der Waals surface area contributed by atoms with Crippen LogP contribution in [0.5, 0.6) is 0 Å². The monoisotopic (exact) mass is 391 g/mol. The van der Waals surface area contributed by atoms with Crippen LogP contribution in [0.3, 0.4) is 0 Å². The molecule has 0 saturated carbocycles. The first-order valence-corrected chi connectivity index (χ1v) is 9.53. The summed E-state index contributed by atoms with van der Waals surface area (Å²) in [6.45, 7) is 6.03. The first kappa shape index (κ1) is 19.3. The lowest BCUT2D eigenvalue weighted by Crippen LogP contribution is -2.41. The van der Waals surface area contributed by atoms with Gasteiger partial charge in [-0.1, -0.05) is 0 Å².